The van der Waals surface area contributed by atoms with Crippen molar-refractivity contribution >= 4 is 10.0 Å². The number of hydrogen-bond acceptors (Lipinski definition) is 4. The Balaban J connectivity index is 2.37. The molecule has 1 aliphatic heterocycles. The van der Waals surface area contributed by atoms with Crippen molar-refractivity contribution in [3.8, 4) is 6.07 Å². The van der Waals surface area contributed by atoms with Crippen LogP contribution in [0, 0.1) is 17.1 Å². The average molecular weight is 283 g/mol. The Morgan fingerprint density at radius 1 is 1.47 bits per heavy atom. The zero-order chi connectivity index (χ0) is 14.0. The normalized spacial score (nSPS) is 21.0. The molecule has 2 N–H and O–H groups in total. The van der Waals surface area contributed by atoms with Gasteiger partial charge in [0, 0.05) is 19.1 Å². The molecule has 0 unspecified atom stereocenters. The quantitative estimate of drug-likeness (QED) is 0.870. The minimum Gasteiger partial charge on any atom is -0.327 e. The first kappa shape index (κ1) is 13.9. The molecule has 0 aliphatic carbocycles. The average Bonchev–Trinajstić information content (AvgIpc) is 2.39. The molecule has 102 valence electrons. The van der Waals surface area contributed by atoms with Gasteiger partial charge in [0.2, 0.25) is 10.0 Å². The van der Waals surface area contributed by atoms with Crippen molar-refractivity contribution in [3.05, 3.63) is 29.6 Å². The van der Waals surface area contributed by atoms with E-state index in [4.69, 9.17) is 11.0 Å². The summed E-state index contributed by atoms with van der Waals surface area (Å²) in [5.74, 6) is -0.725. The highest BCUT2D eigenvalue weighted by atomic mass is 32.2. The lowest BCUT2D eigenvalue weighted by atomic mass is 10.1. The van der Waals surface area contributed by atoms with Gasteiger partial charge in [-0.05, 0) is 31.0 Å². The summed E-state index contributed by atoms with van der Waals surface area (Å²) in [6.07, 6.45) is 1.49. The lowest BCUT2D eigenvalue weighted by Crippen LogP contribution is -2.45. The zero-order valence-electron chi connectivity index (χ0n) is 10.2. The summed E-state index contributed by atoms with van der Waals surface area (Å²) >= 11 is 0. The molecule has 1 heterocycles. The molecule has 0 amide bonds. The lowest BCUT2D eigenvalue weighted by molar-refractivity contribution is 0.316. The third-order valence-electron chi connectivity index (χ3n) is 3.12. The van der Waals surface area contributed by atoms with Crippen LogP contribution in [0.3, 0.4) is 0 Å². The minimum absolute atomic E-state index is 0.0699. The van der Waals surface area contributed by atoms with Crippen LogP contribution in [0.2, 0.25) is 0 Å². The summed E-state index contributed by atoms with van der Waals surface area (Å²) in [5, 5.41) is 8.74. The summed E-state index contributed by atoms with van der Waals surface area (Å²) < 4.78 is 39.2. The van der Waals surface area contributed by atoms with E-state index in [1.165, 1.54) is 10.4 Å². The van der Waals surface area contributed by atoms with E-state index < -0.39 is 15.8 Å². The van der Waals surface area contributed by atoms with E-state index in [0.717, 1.165) is 18.6 Å². The molecule has 1 aliphatic rings. The van der Waals surface area contributed by atoms with Crippen molar-refractivity contribution < 1.29 is 12.8 Å². The van der Waals surface area contributed by atoms with E-state index >= 15 is 0 Å². The summed E-state index contributed by atoms with van der Waals surface area (Å²) in [6, 6.07) is 4.68. The van der Waals surface area contributed by atoms with Crippen molar-refractivity contribution in [2.75, 3.05) is 13.1 Å². The Morgan fingerprint density at radius 2 is 2.21 bits per heavy atom. The van der Waals surface area contributed by atoms with Gasteiger partial charge in [-0.25, -0.2) is 12.8 Å². The number of piperidine rings is 1. The van der Waals surface area contributed by atoms with Crippen LogP contribution in [0.5, 0.6) is 0 Å². The Bertz CT molecular complexity index is 624. The van der Waals surface area contributed by atoms with Crippen molar-refractivity contribution in [3.63, 3.8) is 0 Å². The van der Waals surface area contributed by atoms with Crippen molar-refractivity contribution in [2.24, 2.45) is 5.73 Å². The van der Waals surface area contributed by atoms with Gasteiger partial charge in [0.25, 0.3) is 0 Å². The van der Waals surface area contributed by atoms with Gasteiger partial charge in [0.1, 0.15) is 11.9 Å². The maximum absolute atomic E-state index is 13.2. The number of nitrogens with two attached hydrogens (primary N) is 1. The van der Waals surface area contributed by atoms with E-state index in [1.54, 1.807) is 6.07 Å². The molecule has 19 heavy (non-hydrogen) atoms. The van der Waals surface area contributed by atoms with Crippen LogP contribution in [0.4, 0.5) is 4.39 Å². The molecule has 0 radical (unpaired) electrons. The predicted molar refractivity (Wildman–Crippen MR) is 67.1 cm³/mol. The highest BCUT2D eigenvalue weighted by molar-refractivity contribution is 7.89. The summed E-state index contributed by atoms with van der Waals surface area (Å²) in [4.78, 5) is -0.0699. The number of nitrogens with zero attached hydrogens (tertiary/aromatic N) is 2. The Kier molecular flexibility index (Phi) is 3.85. The molecule has 1 aromatic carbocycles. The first-order valence-corrected chi connectivity index (χ1v) is 7.34. The first-order chi connectivity index (χ1) is 8.95. The van der Waals surface area contributed by atoms with Gasteiger partial charge in [-0.3, -0.25) is 0 Å². The standard InChI is InChI=1S/C12H14FN3O2S/c13-12-4-3-11(6-9(12)7-14)19(17,18)16-5-1-2-10(15)8-16/h3-4,6,10H,1-2,5,8,15H2/t10-/m1/s1. The molecular formula is C12H14FN3O2S. The third kappa shape index (κ3) is 2.76. The second kappa shape index (κ2) is 5.25. The van der Waals surface area contributed by atoms with E-state index in [1.807, 2.05) is 0 Å². The molecule has 1 aromatic rings. The number of halogens is 1. The lowest BCUT2D eigenvalue weighted by Gasteiger charge is -2.29. The highest BCUT2D eigenvalue weighted by Crippen LogP contribution is 2.22. The highest BCUT2D eigenvalue weighted by Gasteiger charge is 2.29. The maximum Gasteiger partial charge on any atom is 0.243 e. The van der Waals surface area contributed by atoms with Crippen LogP contribution in [-0.4, -0.2) is 31.9 Å². The fourth-order valence-corrected chi connectivity index (χ4v) is 3.65. The minimum atomic E-state index is -3.71. The molecule has 0 saturated carbocycles. The second-order valence-corrected chi connectivity index (χ2v) is 6.46. The number of nitriles is 1. The summed E-state index contributed by atoms with van der Waals surface area (Å²) in [6.45, 7) is 0.650. The molecule has 1 saturated heterocycles. The maximum atomic E-state index is 13.2. The Labute approximate surface area is 111 Å². The molecular weight excluding hydrogens is 269 g/mol. The van der Waals surface area contributed by atoms with Gasteiger partial charge in [0.15, 0.2) is 0 Å². The van der Waals surface area contributed by atoms with Gasteiger partial charge in [-0.2, -0.15) is 9.57 Å². The Morgan fingerprint density at radius 3 is 2.84 bits per heavy atom. The largest absolute Gasteiger partial charge is 0.327 e. The molecule has 7 heteroatoms. The molecule has 1 fully saturated rings. The van der Waals surface area contributed by atoms with Crippen molar-refractivity contribution in [1.29, 1.82) is 5.26 Å². The molecule has 0 bridgehead atoms. The SMILES string of the molecule is N#Cc1cc(S(=O)(=O)N2CCC[C@@H](N)C2)ccc1F. The van der Waals surface area contributed by atoms with Gasteiger partial charge in [0.05, 0.1) is 10.5 Å². The van der Waals surface area contributed by atoms with Gasteiger partial charge >= 0.3 is 0 Å². The third-order valence-corrected chi connectivity index (χ3v) is 4.98. The molecule has 2 rings (SSSR count). The van der Waals surface area contributed by atoms with Gasteiger partial charge in [-0.1, -0.05) is 0 Å². The van der Waals surface area contributed by atoms with E-state index in [0.29, 0.717) is 13.0 Å². The smallest absolute Gasteiger partial charge is 0.243 e. The van der Waals surface area contributed by atoms with Crippen LogP contribution in [-0.2, 0) is 10.0 Å². The second-order valence-electron chi connectivity index (χ2n) is 4.52. The van der Waals surface area contributed by atoms with E-state index in [9.17, 15) is 12.8 Å². The van der Waals surface area contributed by atoms with Crippen molar-refractivity contribution in [1.82, 2.24) is 4.31 Å². The summed E-state index contributed by atoms with van der Waals surface area (Å²) in [7, 11) is -3.71. The van der Waals surface area contributed by atoms with Crippen molar-refractivity contribution in [2.45, 2.75) is 23.8 Å². The molecule has 1 atom stereocenters. The van der Waals surface area contributed by atoms with Gasteiger partial charge < -0.3 is 5.73 Å². The van der Waals surface area contributed by atoms with E-state index in [-0.39, 0.29) is 23.0 Å². The fraction of sp³-hybridized carbons (Fsp3) is 0.417. The zero-order valence-corrected chi connectivity index (χ0v) is 11.0. The Hall–Kier alpha value is -1.49. The first-order valence-electron chi connectivity index (χ1n) is 5.90. The van der Waals surface area contributed by atoms with Crippen LogP contribution in [0.1, 0.15) is 18.4 Å². The van der Waals surface area contributed by atoms with Crippen LogP contribution < -0.4 is 5.73 Å². The van der Waals surface area contributed by atoms with E-state index in [2.05, 4.69) is 0 Å². The fourth-order valence-electron chi connectivity index (χ4n) is 2.09. The predicted octanol–water partition coefficient (Wildman–Crippen LogP) is 0.809. The van der Waals surface area contributed by atoms with Gasteiger partial charge in [-0.15, -0.1) is 0 Å². The monoisotopic (exact) mass is 283 g/mol. The van der Waals surface area contributed by atoms with Crippen LogP contribution in [0.15, 0.2) is 23.1 Å². The number of hydrogen-bond donors (Lipinski definition) is 1. The van der Waals surface area contributed by atoms with Crippen LogP contribution in [0.25, 0.3) is 0 Å². The topological polar surface area (TPSA) is 87.2 Å². The van der Waals surface area contributed by atoms with Crippen LogP contribution >= 0.6 is 0 Å². The number of benzene rings is 1. The molecule has 5 nitrogen and oxygen atoms in total. The molecule has 0 spiro atoms. The number of rotatable bonds is 2. The number of sulfonamides is 1. The molecule has 0 aromatic heterocycles. The summed E-state index contributed by atoms with van der Waals surface area (Å²) in [5.41, 5.74) is 5.49.